The van der Waals surface area contributed by atoms with Crippen molar-refractivity contribution < 1.29 is 22.7 Å². The Bertz CT molecular complexity index is 1110. The molecule has 0 N–H and O–H groups in total. The van der Waals surface area contributed by atoms with Gasteiger partial charge in [-0.15, -0.1) is 4.80 Å². The lowest BCUT2D eigenvalue weighted by Crippen LogP contribution is -2.46. The van der Waals surface area contributed by atoms with Crippen molar-refractivity contribution in [3.63, 3.8) is 0 Å². The highest BCUT2D eigenvalue weighted by atomic mass is 19.4. The van der Waals surface area contributed by atoms with Crippen molar-refractivity contribution >= 4 is 11.9 Å². The first kappa shape index (κ1) is 26.0. The SMILES string of the molecule is CCC(CN(CCOC)c1ncc(C(F)(F)F)cn1)N(C)C(=O)c1nc(C)ccc1-n1nccn1. The van der Waals surface area contributed by atoms with Crippen molar-refractivity contribution in [1.82, 2.24) is 34.8 Å². The number of anilines is 1. The van der Waals surface area contributed by atoms with Crippen LogP contribution in [0.1, 0.15) is 35.1 Å². The fourth-order valence-electron chi connectivity index (χ4n) is 3.43. The lowest BCUT2D eigenvalue weighted by molar-refractivity contribution is -0.138. The van der Waals surface area contributed by atoms with E-state index in [1.165, 1.54) is 24.3 Å². The Hall–Kier alpha value is -3.61. The summed E-state index contributed by atoms with van der Waals surface area (Å²) < 4.78 is 43.9. The number of nitrogens with zero attached hydrogens (tertiary/aromatic N) is 8. The Balaban J connectivity index is 1.86. The van der Waals surface area contributed by atoms with Crippen molar-refractivity contribution in [1.29, 1.82) is 0 Å². The molecule has 3 rings (SSSR count). The summed E-state index contributed by atoms with van der Waals surface area (Å²) >= 11 is 0. The summed E-state index contributed by atoms with van der Waals surface area (Å²) in [6, 6.07) is 3.16. The van der Waals surface area contributed by atoms with E-state index in [0.29, 0.717) is 31.0 Å². The maximum Gasteiger partial charge on any atom is 0.419 e. The van der Waals surface area contributed by atoms with E-state index in [1.807, 2.05) is 6.92 Å². The monoisotopic (exact) mass is 492 g/mol. The zero-order valence-electron chi connectivity index (χ0n) is 19.9. The molecule has 0 fully saturated rings. The van der Waals surface area contributed by atoms with E-state index in [-0.39, 0.29) is 30.1 Å². The largest absolute Gasteiger partial charge is 0.419 e. The lowest BCUT2D eigenvalue weighted by atomic mass is 10.1. The van der Waals surface area contributed by atoms with Crippen LogP contribution in [0.5, 0.6) is 0 Å². The fourth-order valence-corrected chi connectivity index (χ4v) is 3.43. The summed E-state index contributed by atoms with van der Waals surface area (Å²) in [6.07, 6.45) is 0.536. The number of alkyl halides is 3. The fraction of sp³-hybridized carbons (Fsp3) is 0.455. The molecule has 3 aromatic heterocycles. The molecule has 35 heavy (non-hydrogen) atoms. The molecule has 188 valence electrons. The third-order valence-corrected chi connectivity index (χ3v) is 5.43. The molecule has 0 aliphatic rings. The average molecular weight is 493 g/mol. The number of carbonyl (C=O) groups is 1. The molecule has 10 nitrogen and oxygen atoms in total. The highest BCUT2D eigenvalue weighted by Crippen LogP contribution is 2.28. The predicted octanol–water partition coefficient (Wildman–Crippen LogP) is 2.78. The number of ether oxygens (including phenoxy) is 1. The van der Waals surface area contributed by atoms with Crippen LogP contribution in [0.15, 0.2) is 36.9 Å². The molecule has 0 bridgehead atoms. The summed E-state index contributed by atoms with van der Waals surface area (Å²) in [6.45, 7) is 4.59. The van der Waals surface area contributed by atoms with Gasteiger partial charge in [0.1, 0.15) is 5.69 Å². The zero-order valence-corrected chi connectivity index (χ0v) is 19.9. The van der Waals surface area contributed by atoms with E-state index in [4.69, 9.17) is 4.74 Å². The van der Waals surface area contributed by atoms with Crippen molar-refractivity contribution in [2.75, 3.05) is 38.8 Å². The molecule has 0 aliphatic carbocycles. The number of amides is 1. The summed E-state index contributed by atoms with van der Waals surface area (Å²) in [5, 5.41) is 8.21. The standard InChI is InChI=1S/C22H27F3N8O2/c1-5-17(14-32(10-11-35-4)21-26-12-16(13-27-21)22(23,24)25)31(3)20(34)19-18(7-6-15(2)30-19)33-28-8-9-29-33/h6-9,12-13,17H,5,10-11,14H2,1-4H3. The van der Waals surface area contributed by atoms with Gasteiger partial charge in [-0.05, 0) is 25.5 Å². The molecule has 1 unspecified atom stereocenters. The Kier molecular flexibility index (Phi) is 8.33. The molecular formula is C22H27F3N8O2. The number of aryl methyl sites for hydroxylation is 1. The first-order valence-corrected chi connectivity index (χ1v) is 10.9. The van der Waals surface area contributed by atoms with Gasteiger partial charge in [0.25, 0.3) is 5.91 Å². The summed E-state index contributed by atoms with van der Waals surface area (Å²) in [5.74, 6) is -0.225. The van der Waals surface area contributed by atoms with Gasteiger partial charge >= 0.3 is 6.18 Å². The first-order chi connectivity index (χ1) is 16.7. The number of halogens is 3. The lowest BCUT2D eigenvalue weighted by Gasteiger charge is -2.33. The van der Waals surface area contributed by atoms with Crippen LogP contribution in [-0.4, -0.2) is 80.6 Å². The van der Waals surface area contributed by atoms with Crippen molar-refractivity contribution in [2.45, 2.75) is 32.5 Å². The Labute approximate surface area is 200 Å². The van der Waals surface area contributed by atoms with E-state index in [9.17, 15) is 18.0 Å². The maximum absolute atomic E-state index is 13.5. The summed E-state index contributed by atoms with van der Waals surface area (Å²) in [4.78, 5) is 30.3. The molecule has 3 aromatic rings. The number of rotatable bonds is 10. The van der Waals surface area contributed by atoms with Crippen LogP contribution in [0.2, 0.25) is 0 Å². The van der Waals surface area contributed by atoms with Gasteiger partial charge < -0.3 is 14.5 Å². The van der Waals surface area contributed by atoms with E-state index < -0.39 is 11.7 Å². The van der Waals surface area contributed by atoms with Crippen LogP contribution >= 0.6 is 0 Å². The smallest absolute Gasteiger partial charge is 0.383 e. The summed E-state index contributed by atoms with van der Waals surface area (Å²) in [7, 11) is 3.18. The number of pyridine rings is 1. The molecule has 0 aliphatic heterocycles. The van der Waals surface area contributed by atoms with Crippen molar-refractivity contribution in [3.8, 4) is 5.69 Å². The van der Waals surface area contributed by atoms with Crippen LogP contribution in [0.3, 0.4) is 0 Å². The second kappa shape index (κ2) is 11.2. The quantitative estimate of drug-likeness (QED) is 0.426. The highest BCUT2D eigenvalue weighted by Gasteiger charge is 2.32. The third kappa shape index (κ3) is 6.29. The highest BCUT2D eigenvalue weighted by molar-refractivity contribution is 5.95. The predicted molar refractivity (Wildman–Crippen MR) is 121 cm³/mol. The van der Waals surface area contributed by atoms with Crippen LogP contribution in [-0.2, 0) is 10.9 Å². The van der Waals surface area contributed by atoms with Crippen LogP contribution < -0.4 is 4.90 Å². The van der Waals surface area contributed by atoms with Gasteiger partial charge in [-0.3, -0.25) is 4.79 Å². The molecule has 3 heterocycles. The zero-order chi connectivity index (χ0) is 25.6. The minimum atomic E-state index is -4.53. The second-order valence-corrected chi connectivity index (χ2v) is 7.83. The number of carbonyl (C=O) groups excluding carboxylic acids is 1. The normalized spacial score (nSPS) is 12.4. The van der Waals surface area contributed by atoms with Gasteiger partial charge in [0.15, 0.2) is 5.69 Å². The van der Waals surface area contributed by atoms with Gasteiger partial charge in [0, 0.05) is 51.4 Å². The van der Waals surface area contributed by atoms with Crippen LogP contribution in [0.25, 0.3) is 5.69 Å². The van der Waals surface area contributed by atoms with Gasteiger partial charge in [-0.2, -0.15) is 23.4 Å². The molecule has 0 saturated heterocycles. The maximum atomic E-state index is 13.5. The van der Waals surface area contributed by atoms with E-state index in [2.05, 4.69) is 25.1 Å². The van der Waals surface area contributed by atoms with E-state index in [1.54, 1.807) is 35.9 Å². The number of hydrogen-bond donors (Lipinski definition) is 0. The third-order valence-electron chi connectivity index (χ3n) is 5.43. The molecule has 0 spiro atoms. The van der Waals surface area contributed by atoms with Crippen molar-refractivity contribution in [3.05, 3.63) is 53.9 Å². The minimum Gasteiger partial charge on any atom is -0.383 e. The number of aromatic nitrogens is 6. The van der Waals surface area contributed by atoms with Crippen LogP contribution in [0, 0.1) is 6.92 Å². The van der Waals surface area contributed by atoms with Crippen molar-refractivity contribution in [2.24, 2.45) is 0 Å². The molecule has 0 radical (unpaired) electrons. The second-order valence-electron chi connectivity index (χ2n) is 7.83. The molecule has 0 saturated carbocycles. The first-order valence-electron chi connectivity index (χ1n) is 10.9. The Morgan fingerprint density at radius 2 is 1.83 bits per heavy atom. The van der Waals surface area contributed by atoms with E-state index >= 15 is 0 Å². The number of hydrogen-bond acceptors (Lipinski definition) is 8. The molecular weight excluding hydrogens is 465 g/mol. The van der Waals surface area contributed by atoms with E-state index in [0.717, 1.165) is 12.4 Å². The Morgan fingerprint density at radius 1 is 1.17 bits per heavy atom. The Morgan fingerprint density at radius 3 is 2.40 bits per heavy atom. The number of likely N-dealkylation sites (N-methyl/N-ethyl adjacent to an activating group) is 1. The molecule has 1 atom stereocenters. The van der Waals surface area contributed by atoms with Crippen LogP contribution in [0.4, 0.5) is 19.1 Å². The number of methoxy groups -OCH3 is 1. The molecule has 0 aromatic carbocycles. The topological polar surface area (TPSA) is 102 Å². The molecule has 13 heteroatoms. The van der Waals surface area contributed by atoms with Gasteiger partial charge in [-0.25, -0.2) is 15.0 Å². The van der Waals surface area contributed by atoms with Gasteiger partial charge in [0.2, 0.25) is 5.95 Å². The molecule has 1 amide bonds. The minimum absolute atomic E-state index is 0.115. The summed E-state index contributed by atoms with van der Waals surface area (Å²) in [5.41, 5.74) is 0.356. The van der Waals surface area contributed by atoms with Gasteiger partial charge in [0.05, 0.1) is 24.6 Å². The van der Waals surface area contributed by atoms with Gasteiger partial charge in [-0.1, -0.05) is 6.92 Å². The average Bonchev–Trinajstić information content (AvgIpc) is 3.38.